The standard InChI is InChI=1S/C32H37FN2O4/c1-22(18-32(2,3)31(36)34-26-7-5-4-6-8-26)35-16-15-28(23-9-11-25(33)12-10-23)24(19-35)20-37-27-13-14-29-30(17-27)39-21-38-29/h4-14,17,22,24,28H,15-16,18-21H2,1-3H3,(H,34,36)/t22-,24+,28+/m1/s1. The Morgan fingerprint density at radius 1 is 1.08 bits per heavy atom. The summed E-state index contributed by atoms with van der Waals surface area (Å²) in [5.41, 5.74) is 1.40. The van der Waals surface area contributed by atoms with Crippen LogP contribution >= 0.6 is 0 Å². The molecule has 206 valence electrons. The number of carbonyl (C=O) groups excluding carboxylic acids is 1. The maximum atomic E-state index is 13.7. The minimum absolute atomic E-state index is 0.0180. The number of fused-ring (bicyclic) bond motifs is 1. The molecule has 0 aliphatic carbocycles. The minimum atomic E-state index is -0.540. The Labute approximate surface area is 230 Å². The zero-order valence-corrected chi connectivity index (χ0v) is 22.9. The summed E-state index contributed by atoms with van der Waals surface area (Å²) in [6.45, 7) is 8.68. The Bertz CT molecular complexity index is 1260. The summed E-state index contributed by atoms with van der Waals surface area (Å²) in [6.07, 6.45) is 1.66. The van der Waals surface area contributed by atoms with Crippen LogP contribution in [-0.4, -0.2) is 43.3 Å². The van der Waals surface area contributed by atoms with Gasteiger partial charge in [-0.2, -0.15) is 0 Å². The second-order valence-electron chi connectivity index (χ2n) is 11.3. The summed E-state index contributed by atoms with van der Waals surface area (Å²) in [7, 11) is 0. The molecule has 39 heavy (non-hydrogen) atoms. The van der Waals surface area contributed by atoms with Crippen LogP contribution < -0.4 is 19.5 Å². The molecule has 1 N–H and O–H groups in total. The number of nitrogens with one attached hydrogen (secondary N) is 1. The van der Waals surface area contributed by atoms with Crippen molar-refractivity contribution in [2.45, 2.75) is 45.6 Å². The second kappa shape index (κ2) is 11.7. The number of para-hydroxylation sites is 1. The largest absolute Gasteiger partial charge is 0.493 e. The first-order valence-electron chi connectivity index (χ1n) is 13.7. The van der Waals surface area contributed by atoms with Crippen LogP contribution in [0, 0.1) is 17.2 Å². The highest BCUT2D eigenvalue weighted by Crippen LogP contribution is 2.38. The molecule has 6 nitrogen and oxygen atoms in total. The molecule has 0 aromatic heterocycles. The predicted octanol–water partition coefficient (Wildman–Crippen LogP) is 6.48. The molecule has 0 unspecified atom stereocenters. The Morgan fingerprint density at radius 3 is 2.59 bits per heavy atom. The van der Waals surface area contributed by atoms with Crippen LogP contribution in [-0.2, 0) is 4.79 Å². The van der Waals surface area contributed by atoms with E-state index in [2.05, 4.69) is 17.1 Å². The molecule has 5 rings (SSSR count). The van der Waals surface area contributed by atoms with Crippen molar-refractivity contribution in [3.05, 3.63) is 84.2 Å². The number of anilines is 1. The second-order valence-corrected chi connectivity index (χ2v) is 11.3. The maximum Gasteiger partial charge on any atom is 0.231 e. The number of halogens is 1. The van der Waals surface area contributed by atoms with Crippen LogP contribution in [0.4, 0.5) is 10.1 Å². The van der Waals surface area contributed by atoms with E-state index in [9.17, 15) is 9.18 Å². The normalized spacial score (nSPS) is 19.9. The van der Waals surface area contributed by atoms with Crippen LogP contribution in [0.1, 0.15) is 45.1 Å². The Kier molecular flexibility index (Phi) is 8.07. The van der Waals surface area contributed by atoms with Crippen molar-refractivity contribution in [2.75, 3.05) is 31.8 Å². The molecule has 1 saturated heterocycles. The molecule has 0 saturated carbocycles. The zero-order chi connectivity index (χ0) is 27.4. The first-order chi connectivity index (χ1) is 18.8. The van der Waals surface area contributed by atoms with Crippen molar-refractivity contribution in [1.82, 2.24) is 4.90 Å². The molecule has 0 spiro atoms. The Balaban J connectivity index is 1.26. The van der Waals surface area contributed by atoms with Crippen LogP contribution in [0.25, 0.3) is 0 Å². The first kappa shape index (κ1) is 27.0. The van der Waals surface area contributed by atoms with E-state index in [1.54, 1.807) is 0 Å². The van der Waals surface area contributed by atoms with Gasteiger partial charge in [0, 0.05) is 35.7 Å². The van der Waals surface area contributed by atoms with E-state index in [1.165, 1.54) is 12.1 Å². The van der Waals surface area contributed by atoms with Gasteiger partial charge in [0.25, 0.3) is 0 Å². The van der Waals surface area contributed by atoms with E-state index in [-0.39, 0.29) is 36.4 Å². The van der Waals surface area contributed by atoms with Gasteiger partial charge in [-0.25, -0.2) is 4.39 Å². The summed E-state index contributed by atoms with van der Waals surface area (Å²) < 4.78 is 30.9. The Morgan fingerprint density at radius 2 is 1.82 bits per heavy atom. The average Bonchev–Trinajstić information content (AvgIpc) is 3.41. The number of hydrogen-bond acceptors (Lipinski definition) is 5. The number of hydrogen-bond donors (Lipinski definition) is 1. The van der Waals surface area contributed by atoms with Gasteiger partial charge in [0.05, 0.1) is 6.61 Å². The number of carbonyl (C=O) groups is 1. The third-order valence-electron chi connectivity index (χ3n) is 7.95. The first-order valence-corrected chi connectivity index (χ1v) is 13.7. The van der Waals surface area contributed by atoms with E-state index in [4.69, 9.17) is 14.2 Å². The average molecular weight is 533 g/mol. The van der Waals surface area contributed by atoms with E-state index in [1.807, 2.05) is 74.5 Å². The van der Waals surface area contributed by atoms with Crippen molar-refractivity contribution < 1.29 is 23.4 Å². The summed E-state index contributed by atoms with van der Waals surface area (Å²) in [5.74, 6) is 2.39. The number of amides is 1. The number of nitrogens with zero attached hydrogens (tertiary/aromatic N) is 1. The van der Waals surface area contributed by atoms with E-state index in [0.29, 0.717) is 12.4 Å². The van der Waals surface area contributed by atoms with Gasteiger partial charge in [0.1, 0.15) is 11.6 Å². The quantitative estimate of drug-likeness (QED) is 0.342. The summed E-state index contributed by atoms with van der Waals surface area (Å²) in [6, 6.07) is 22.3. The molecule has 2 heterocycles. The molecule has 0 bridgehead atoms. The lowest BCUT2D eigenvalue weighted by atomic mass is 9.79. The Hall–Kier alpha value is -3.58. The van der Waals surface area contributed by atoms with Crippen molar-refractivity contribution >= 4 is 11.6 Å². The topological polar surface area (TPSA) is 60.0 Å². The van der Waals surface area contributed by atoms with Crippen molar-refractivity contribution in [3.63, 3.8) is 0 Å². The molecule has 3 aromatic rings. The molecule has 1 fully saturated rings. The lowest BCUT2D eigenvalue weighted by Gasteiger charge is -2.43. The number of piperidine rings is 1. The van der Waals surface area contributed by atoms with Gasteiger partial charge >= 0.3 is 0 Å². The number of benzene rings is 3. The van der Waals surface area contributed by atoms with Gasteiger partial charge < -0.3 is 24.4 Å². The summed E-state index contributed by atoms with van der Waals surface area (Å²) in [4.78, 5) is 15.6. The fraction of sp³-hybridized carbons (Fsp3) is 0.406. The van der Waals surface area contributed by atoms with Gasteiger partial charge in [0.15, 0.2) is 11.5 Å². The van der Waals surface area contributed by atoms with Crippen molar-refractivity contribution in [2.24, 2.45) is 11.3 Å². The molecular weight excluding hydrogens is 495 g/mol. The van der Waals surface area contributed by atoms with Crippen LogP contribution in [0.3, 0.4) is 0 Å². The highest BCUT2D eigenvalue weighted by Gasteiger charge is 2.36. The predicted molar refractivity (Wildman–Crippen MR) is 150 cm³/mol. The molecule has 3 atom stereocenters. The fourth-order valence-electron chi connectivity index (χ4n) is 5.73. The van der Waals surface area contributed by atoms with Gasteiger partial charge in [-0.05, 0) is 74.2 Å². The summed E-state index contributed by atoms with van der Waals surface area (Å²) >= 11 is 0. The van der Waals surface area contributed by atoms with Gasteiger partial charge in [-0.15, -0.1) is 0 Å². The third-order valence-corrected chi connectivity index (χ3v) is 7.95. The molecular formula is C32H37FN2O4. The molecule has 2 aliphatic rings. The third kappa shape index (κ3) is 6.53. The van der Waals surface area contributed by atoms with Crippen molar-refractivity contribution in [1.29, 1.82) is 0 Å². The van der Waals surface area contributed by atoms with Crippen molar-refractivity contribution in [3.8, 4) is 17.2 Å². The number of ether oxygens (including phenoxy) is 3. The lowest BCUT2D eigenvalue weighted by Crippen LogP contribution is -2.48. The lowest BCUT2D eigenvalue weighted by molar-refractivity contribution is -0.125. The van der Waals surface area contributed by atoms with Gasteiger partial charge in [-0.3, -0.25) is 4.79 Å². The highest BCUT2D eigenvalue weighted by molar-refractivity contribution is 5.94. The zero-order valence-electron chi connectivity index (χ0n) is 22.9. The van der Waals surface area contributed by atoms with Gasteiger partial charge in [-0.1, -0.05) is 44.2 Å². The van der Waals surface area contributed by atoms with Gasteiger partial charge in [0.2, 0.25) is 12.7 Å². The monoisotopic (exact) mass is 532 g/mol. The molecule has 2 aliphatic heterocycles. The summed E-state index contributed by atoms with van der Waals surface area (Å²) in [5, 5.41) is 3.06. The van der Waals surface area contributed by atoms with Crippen LogP contribution in [0.5, 0.6) is 17.2 Å². The molecule has 0 radical (unpaired) electrons. The van der Waals surface area contributed by atoms with E-state index in [0.717, 1.165) is 48.7 Å². The maximum absolute atomic E-state index is 13.7. The van der Waals surface area contributed by atoms with Crippen LogP contribution in [0.15, 0.2) is 72.8 Å². The SMILES string of the molecule is C[C@H](CC(C)(C)C(=O)Nc1ccccc1)N1CC[C@@H](c2ccc(F)cc2)[C@H](COc2ccc3c(c2)OCO3)C1. The molecule has 1 amide bonds. The smallest absolute Gasteiger partial charge is 0.231 e. The fourth-order valence-corrected chi connectivity index (χ4v) is 5.73. The number of rotatable bonds is 9. The van der Waals surface area contributed by atoms with E-state index >= 15 is 0 Å². The highest BCUT2D eigenvalue weighted by atomic mass is 19.1. The van der Waals surface area contributed by atoms with Crippen LogP contribution in [0.2, 0.25) is 0 Å². The molecule has 7 heteroatoms. The van der Waals surface area contributed by atoms with E-state index < -0.39 is 5.41 Å². The number of likely N-dealkylation sites (tertiary alicyclic amines) is 1. The molecule has 3 aromatic carbocycles. The minimum Gasteiger partial charge on any atom is -0.493 e.